The molecule has 0 bridgehead atoms. The Labute approximate surface area is 101 Å². The maximum atomic E-state index is 8.93. The molecule has 1 N–H and O–H groups in total. The van der Waals surface area contributed by atoms with Gasteiger partial charge in [-0.1, -0.05) is 36.4 Å². The molecule has 0 aliphatic carbocycles. The van der Waals surface area contributed by atoms with E-state index in [1.807, 2.05) is 36.4 Å². The van der Waals surface area contributed by atoms with Gasteiger partial charge in [0.2, 0.25) is 0 Å². The first-order chi connectivity index (χ1) is 8.33. The van der Waals surface area contributed by atoms with Gasteiger partial charge in [0.1, 0.15) is 5.75 Å². The number of methoxy groups -OCH3 is 1. The van der Waals surface area contributed by atoms with E-state index >= 15 is 0 Å². The highest BCUT2D eigenvalue weighted by molar-refractivity contribution is 5.64. The van der Waals surface area contributed by atoms with E-state index in [9.17, 15) is 0 Å². The third kappa shape index (κ3) is 2.86. The molecule has 0 radical (unpaired) electrons. The van der Waals surface area contributed by atoms with Crippen LogP contribution in [-0.2, 0) is 6.42 Å². The van der Waals surface area contributed by atoms with E-state index in [0.717, 1.165) is 16.9 Å². The van der Waals surface area contributed by atoms with E-state index in [1.165, 1.54) is 5.56 Å². The predicted molar refractivity (Wildman–Crippen MR) is 69.2 cm³/mol. The molecule has 0 fully saturated rings. The summed E-state index contributed by atoms with van der Waals surface area (Å²) < 4.78 is 5.13. The van der Waals surface area contributed by atoms with Crippen LogP contribution in [-0.4, -0.2) is 18.8 Å². The van der Waals surface area contributed by atoms with Gasteiger partial charge in [-0.25, -0.2) is 0 Å². The van der Waals surface area contributed by atoms with Crippen LogP contribution in [0.2, 0.25) is 0 Å². The van der Waals surface area contributed by atoms with Crippen LogP contribution in [0.4, 0.5) is 0 Å². The summed E-state index contributed by atoms with van der Waals surface area (Å²) in [5, 5.41) is 8.93. The lowest BCUT2D eigenvalue weighted by Crippen LogP contribution is -1.90. The van der Waals surface area contributed by atoms with Gasteiger partial charge in [-0.05, 0) is 35.2 Å². The van der Waals surface area contributed by atoms with Crippen LogP contribution in [0.5, 0.6) is 5.75 Å². The third-order valence-electron chi connectivity index (χ3n) is 2.75. The molecule has 0 atom stereocenters. The largest absolute Gasteiger partial charge is 0.497 e. The van der Waals surface area contributed by atoms with Crippen molar-refractivity contribution in [2.45, 2.75) is 6.42 Å². The average molecular weight is 228 g/mol. The third-order valence-corrected chi connectivity index (χ3v) is 2.75. The van der Waals surface area contributed by atoms with E-state index < -0.39 is 0 Å². The second-order valence-electron chi connectivity index (χ2n) is 3.90. The summed E-state index contributed by atoms with van der Waals surface area (Å²) in [6.45, 7) is 0.187. The predicted octanol–water partition coefficient (Wildman–Crippen LogP) is 2.90. The first-order valence-corrected chi connectivity index (χ1v) is 5.67. The van der Waals surface area contributed by atoms with Crippen LogP contribution in [0.3, 0.4) is 0 Å². The van der Waals surface area contributed by atoms with Crippen molar-refractivity contribution >= 4 is 0 Å². The topological polar surface area (TPSA) is 29.5 Å². The number of ether oxygens (including phenoxy) is 1. The number of aliphatic hydroxyl groups is 1. The van der Waals surface area contributed by atoms with Crippen molar-refractivity contribution in [1.82, 2.24) is 0 Å². The highest BCUT2D eigenvalue weighted by Crippen LogP contribution is 2.23. The molecule has 0 aliphatic rings. The molecule has 0 saturated carbocycles. The minimum absolute atomic E-state index is 0.187. The Morgan fingerprint density at radius 2 is 1.76 bits per heavy atom. The minimum Gasteiger partial charge on any atom is -0.497 e. The van der Waals surface area contributed by atoms with E-state index in [2.05, 4.69) is 12.1 Å². The molecule has 17 heavy (non-hydrogen) atoms. The van der Waals surface area contributed by atoms with Crippen LogP contribution in [0.1, 0.15) is 5.56 Å². The zero-order chi connectivity index (χ0) is 12.1. The first-order valence-electron chi connectivity index (χ1n) is 5.67. The summed E-state index contributed by atoms with van der Waals surface area (Å²) in [6.07, 6.45) is 0.698. The molecule has 2 rings (SSSR count). The normalized spacial score (nSPS) is 10.2. The highest BCUT2D eigenvalue weighted by Gasteiger charge is 1.99. The molecule has 0 saturated heterocycles. The number of rotatable bonds is 4. The lowest BCUT2D eigenvalue weighted by atomic mass is 10.0. The number of benzene rings is 2. The molecule has 0 aliphatic heterocycles. The second-order valence-corrected chi connectivity index (χ2v) is 3.90. The Morgan fingerprint density at radius 1 is 1.00 bits per heavy atom. The van der Waals surface area contributed by atoms with E-state index in [-0.39, 0.29) is 6.61 Å². The maximum Gasteiger partial charge on any atom is 0.118 e. The van der Waals surface area contributed by atoms with Gasteiger partial charge in [0.25, 0.3) is 0 Å². The first kappa shape index (κ1) is 11.7. The van der Waals surface area contributed by atoms with Gasteiger partial charge in [-0.2, -0.15) is 0 Å². The maximum absolute atomic E-state index is 8.93. The molecular weight excluding hydrogens is 212 g/mol. The lowest BCUT2D eigenvalue weighted by Gasteiger charge is -2.06. The van der Waals surface area contributed by atoms with Crippen molar-refractivity contribution in [1.29, 1.82) is 0 Å². The summed E-state index contributed by atoms with van der Waals surface area (Å²) in [5.41, 5.74) is 3.48. The fraction of sp³-hybridized carbons (Fsp3) is 0.200. The zero-order valence-electron chi connectivity index (χ0n) is 9.89. The van der Waals surface area contributed by atoms with Gasteiger partial charge >= 0.3 is 0 Å². The molecule has 0 spiro atoms. The molecule has 2 nitrogen and oxygen atoms in total. The minimum atomic E-state index is 0.187. The molecular formula is C15H16O2. The molecule has 2 heteroatoms. The fourth-order valence-corrected chi connectivity index (χ4v) is 1.82. The van der Waals surface area contributed by atoms with E-state index in [4.69, 9.17) is 9.84 Å². The summed E-state index contributed by atoms with van der Waals surface area (Å²) >= 11 is 0. The van der Waals surface area contributed by atoms with Crippen molar-refractivity contribution in [3.8, 4) is 16.9 Å². The van der Waals surface area contributed by atoms with Crippen molar-refractivity contribution in [2.24, 2.45) is 0 Å². The monoisotopic (exact) mass is 228 g/mol. The van der Waals surface area contributed by atoms with Crippen LogP contribution < -0.4 is 4.74 Å². The van der Waals surface area contributed by atoms with Crippen molar-refractivity contribution in [2.75, 3.05) is 13.7 Å². The van der Waals surface area contributed by atoms with Crippen LogP contribution in [0.25, 0.3) is 11.1 Å². The quantitative estimate of drug-likeness (QED) is 0.871. The molecule has 2 aromatic rings. The highest BCUT2D eigenvalue weighted by atomic mass is 16.5. The molecule has 0 heterocycles. The number of hydrogen-bond acceptors (Lipinski definition) is 2. The van der Waals surface area contributed by atoms with Gasteiger partial charge in [-0.15, -0.1) is 0 Å². The van der Waals surface area contributed by atoms with Crippen molar-refractivity contribution < 1.29 is 9.84 Å². The molecule has 0 unspecified atom stereocenters. The Morgan fingerprint density at radius 3 is 2.41 bits per heavy atom. The van der Waals surface area contributed by atoms with Crippen LogP contribution in [0.15, 0.2) is 48.5 Å². The number of aliphatic hydroxyl groups excluding tert-OH is 1. The van der Waals surface area contributed by atoms with Crippen molar-refractivity contribution in [3.05, 3.63) is 54.1 Å². The Kier molecular flexibility index (Phi) is 3.78. The standard InChI is InChI=1S/C15H16O2/c1-17-15-7-5-13(6-8-15)14-4-2-3-12(11-14)9-10-16/h2-8,11,16H,9-10H2,1H3. The molecule has 0 aromatic heterocycles. The molecule has 2 aromatic carbocycles. The summed E-state index contributed by atoms with van der Waals surface area (Å²) in [5.74, 6) is 0.861. The summed E-state index contributed by atoms with van der Waals surface area (Å²) in [6, 6.07) is 16.2. The molecule has 0 amide bonds. The Hall–Kier alpha value is -1.80. The Balaban J connectivity index is 2.28. The van der Waals surface area contributed by atoms with Crippen LogP contribution >= 0.6 is 0 Å². The zero-order valence-corrected chi connectivity index (χ0v) is 9.89. The SMILES string of the molecule is COc1ccc(-c2cccc(CCO)c2)cc1. The lowest BCUT2D eigenvalue weighted by molar-refractivity contribution is 0.299. The fourth-order valence-electron chi connectivity index (χ4n) is 1.82. The van der Waals surface area contributed by atoms with Crippen LogP contribution in [0, 0.1) is 0 Å². The van der Waals surface area contributed by atoms with Gasteiger partial charge in [0.15, 0.2) is 0 Å². The summed E-state index contributed by atoms with van der Waals surface area (Å²) in [7, 11) is 1.66. The average Bonchev–Trinajstić information content (AvgIpc) is 2.40. The van der Waals surface area contributed by atoms with E-state index in [0.29, 0.717) is 6.42 Å². The van der Waals surface area contributed by atoms with Gasteiger partial charge in [-0.3, -0.25) is 0 Å². The smallest absolute Gasteiger partial charge is 0.118 e. The van der Waals surface area contributed by atoms with Gasteiger partial charge in [0.05, 0.1) is 7.11 Å². The molecule has 88 valence electrons. The number of hydrogen-bond donors (Lipinski definition) is 1. The van der Waals surface area contributed by atoms with E-state index in [1.54, 1.807) is 7.11 Å². The Bertz CT molecular complexity index is 475. The second kappa shape index (κ2) is 5.51. The van der Waals surface area contributed by atoms with Gasteiger partial charge < -0.3 is 9.84 Å². The van der Waals surface area contributed by atoms with Gasteiger partial charge in [0, 0.05) is 6.61 Å². The summed E-state index contributed by atoms with van der Waals surface area (Å²) in [4.78, 5) is 0. The van der Waals surface area contributed by atoms with Crippen molar-refractivity contribution in [3.63, 3.8) is 0 Å².